The first-order chi connectivity index (χ1) is 7.13. The monoisotopic (exact) mass is 240 g/mol. The molecule has 0 aliphatic rings. The molecule has 0 saturated heterocycles. The summed E-state index contributed by atoms with van der Waals surface area (Å²) in [7, 11) is 1.84. The maximum atomic E-state index is 5.78. The molecule has 0 aliphatic carbocycles. The third-order valence-corrected chi connectivity index (χ3v) is 2.52. The summed E-state index contributed by atoms with van der Waals surface area (Å²) in [6, 6.07) is 1.77. The van der Waals surface area contributed by atoms with Crippen LogP contribution in [0.15, 0.2) is 12.3 Å². The summed E-state index contributed by atoms with van der Waals surface area (Å²) in [6.07, 6.45) is 1.68. The highest BCUT2D eigenvalue weighted by Crippen LogP contribution is 2.17. The van der Waals surface area contributed by atoms with Gasteiger partial charge in [0.25, 0.3) is 0 Å². The molecule has 0 amide bonds. The Kier molecular flexibility index (Phi) is 4.80. The zero-order chi connectivity index (χ0) is 11.3. The van der Waals surface area contributed by atoms with E-state index in [1.54, 1.807) is 24.0 Å². The number of halogens is 1. The largest absolute Gasteiger partial charge is 0.387 e. The van der Waals surface area contributed by atoms with Crippen molar-refractivity contribution in [2.24, 2.45) is 0 Å². The van der Waals surface area contributed by atoms with Crippen LogP contribution in [0.4, 0.5) is 5.69 Å². The maximum Gasteiger partial charge on any atom is 0.131 e. The molecule has 0 saturated carbocycles. The second kappa shape index (κ2) is 5.89. The highest BCUT2D eigenvalue weighted by molar-refractivity contribution is 8.04. The minimum absolute atomic E-state index is 0.474. The van der Waals surface area contributed by atoms with Gasteiger partial charge in [-0.05, 0) is 11.3 Å². The molecule has 0 radical (unpaired) electrons. The summed E-state index contributed by atoms with van der Waals surface area (Å²) in [5, 5.41) is 7.06. The fraction of sp³-hybridized carbons (Fsp3) is 0.364. The van der Waals surface area contributed by atoms with Crippen LogP contribution in [0.5, 0.6) is 0 Å². The smallest absolute Gasteiger partial charge is 0.131 e. The predicted molar refractivity (Wildman–Crippen MR) is 68.4 cm³/mol. The third-order valence-electron chi connectivity index (χ3n) is 1.62. The van der Waals surface area contributed by atoms with Gasteiger partial charge in [0.1, 0.15) is 5.15 Å². The normalized spacial score (nSPS) is 9.67. The van der Waals surface area contributed by atoms with E-state index < -0.39 is 0 Å². The Hall–Kier alpha value is -0.850. The maximum absolute atomic E-state index is 5.78. The van der Waals surface area contributed by atoms with E-state index in [0.29, 0.717) is 10.4 Å². The number of nitrogens with one attached hydrogen (secondary N) is 1. The average Bonchev–Trinajstić information content (AvgIpc) is 2.19. The molecule has 1 rings (SSSR count). The Bertz CT molecular complexity index is 393. The Balaban J connectivity index is 2.87. The standard InChI is InChI=1S/C11H13ClN2S/c1-8(2)15-5-4-9-7-14-11(12)6-10(9)13-3/h6-8H,1-3H3,(H,13,14). The van der Waals surface area contributed by atoms with E-state index in [9.17, 15) is 0 Å². The lowest BCUT2D eigenvalue weighted by Crippen LogP contribution is -1.93. The predicted octanol–water partition coefficient (Wildman–Crippen LogP) is 3.23. The average molecular weight is 241 g/mol. The fourth-order valence-electron chi connectivity index (χ4n) is 0.939. The van der Waals surface area contributed by atoms with Gasteiger partial charge in [-0.15, -0.1) is 0 Å². The van der Waals surface area contributed by atoms with Gasteiger partial charge < -0.3 is 5.32 Å². The van der Waals surface area contributed by atoms with E-state index in [4.69, 9.17) is 11.6 Å². The molecule has 15 heavy (non-hydrogen) atoms. The van der Waals surface area contributed by atoms with Crippen molar-refractivity contribution in [2.45, 2.75) is 19.1 Å². The van der Waals surface area contributed by atoms with Crippen molar-refractivity contribution in [3.63, 3.8) is 0 Å². The molecule has 0 atom stereocenters. The van der Waals surface area contributed by atoms with Crippen LogP contribution in [-0.4, -0.2) is 17.3 Å². The summed E-state index contributed by atoms with van der Waals surface area (Å²) in [4.78, 5) is 4.00. The number of aromatic nitrogens is 1. The molecule has 4 heteroatoms. The van der Waals surface area contributed by atoms with Crippen molar-refractivity contribution in [3.8, 4) is 11.2 Å². The lowest BCUT2D eigenvalue weighted by Gasteiger charge is -2.02. The molecule has 0 spiro atoms. The van der Waals surface area contributed by atoms with Gasteiger partial charge in [-0.2, -0.15) is 0 Å². The number of anilines is 1. The van der Waals surface area contributed by atoms with Crippen molar-refractivity contribution >= 4 is 29.1 Å². The number of hydrogen-bond acceptors (Lipinski definition) is 3. The van der Waals surface area contributed by atoms with E-state index in [2.05, 4.69) is 35.3 Å². The lowest BCUT2D eigenvalue weighted by molar-refractivity contribution is 1.12. The van der Waals surface area contributed by atoms with E-state index >= 15 is 0 Å². The molecular weight excluding hydrogens is 228 g/mol. The van der Waals surface area contributed by atoms with Gasteiger partial charge in [0, 0.05) is 18.5 Å². The van der Waals surface area contributed by atoms with E-state index in [1.165, 1.54) is 0 Å². The Morgan fingerprint density at radius 3 is 2.87 bits per heavy atom. The molecule has 0 unspecified atom stereocenters. The number of nitrogens with zero attached hydrogens (tertiary/aromatic N) is 1. The van der Waals surface area contributed by atoms with Gasteiger partial charge in [-0.1, -0.05) is 43.1 Å². The van der Waals surface area contributed by atoms with E-state index in [0.717, 1.165) is 11.3 Å². The number of pyridine rings is 1. The molecule has 0 fully saturated rings. The number of hydrogen-bond donors (Lipinski definition) is 1. The minimum Gasteiger partial charge on any atom is -0.387 e. The van der Waals surface area contributed by atoms with Crippen LogP contribution in [0.2, 0.25) is 5.15 Å². The van der Waals surface area contributed by atoms with Crippen LogP contribution in [-0.2, 0) is 0 Å². The summed E-state index contributed by atoms with van der Waals surface area (Å²) in [6.45, 7) is 4.22. The van der Waals surface area contributed by atoms with Crippen LogP contribution >= 0.6 is 23.4 Å². The molecule has 1 aromatic heterocycles. The molecular formula is C11H13ClN2S. The van der Waals surface area contributed by atoms with Gasteiger partial charge in [0.15, 0.2) is 0 Å². The highest BCUT2D eigenvalue weighted by atomic mass is 35.5. The van der Waals surface area contributed by atoms with Crippen LogP contribution in [0, 0.1) is 11.2 Å². The van der Waals surface area contributed by atoms with Crippen molar-refractivity contribution in [1.82, 2.24) is 4.98 Å². The van der Waals surface area contributed by atoms with Gasteiger partial charge >= 0.3 is 0 Å². The minimum atomic E-state index is 0.474. The summed E-state index contributed by atoms with van der Waals surface area (Å²) < 4.78 is 0. The van der Waals surface area contributed by atoms with Gasteiger partial charge in [0.05, 0.1) is 11.3 Å². The summed E-state index contributed by atoms with van der Waals surface area (Å²) >= 11 is 7.38. The van der Waals surface area contributed by atoms with Gasteiger partial charge in [0.2, 0.25) is 0 Å². The Morgan fingerprint density at radius 1 is 1.53 bits per heavy atom. The van der Waals surface area contributed by atoms with Gasteiger partial charge in [-0.25, -0.2) is 4.98 Å². The molecule has 2 nitrogen and oxygen atoms in total. The van der Waals surface area contributed by atoms with Crippen LogP contribution in [0.3, 0.4) is 0 Å². The summed E-state index contributed by atoms with van der Waals surface area (Å²) in [5.74, 6) is 3.05. The molecule has 1 N–H and O–H groups in total. The second-order valence-electron chi connectivity index (χ2n) is 3.20. The first kappa shape index (κ1) is 12.2. The number of thioether (sulfide) groups is 1. The zero-order valence-electron chi connectivity index (χ0n) is 8.97. The zero-order valence-corrected chi connectivity index (χ0v) is 10.5. The SMILES string of the molecule is CNc1cc(Cl)ncc1C#CSC(C)C. The first-order valence-corrected chi connectivity index (χ1v) is 5.89. The van der Waals surface area contributed by atoms with Crippen LogP contribution < -0.4 is 5.32 Å². The number of rotatable bonds is 2. The Morgan fingerprint density at radius 2 is 2.27 bits per heavy atom. The van der Waals surface area contributed by atoms with Crippen molar-refractivity contribution in [1.29, 1.82) is 0 Å². The molecule has 1 heterocycles. The van der Waals surface area contributed by atoms with Crippen molar-refractivity contribution in [3.05, 3.63) is 23.0 Å². The topological polar surface area (TPSA) is 24.9 Å². The molecule has 80 valence electrons. The second-order valence-corrected chi connectivity index (χ2v) is 4.97. The van der Waals surface area contributed by atoms with Crippen LogP contribution in [0.25, 0.3) is 0 Å². The third kappa shape index (κ3) is 4.03. The Labute approximate surface area is 99.8 Å². The molecule has 0 aliphatic heterocycles. The summed E-state index contributed by atoms with van der Waals surface area (Å²) in [5.41, 5.74) is 1.78. The van der Waals surface area contributed by atoms with E-state index in [1.807, 2.05) is 7.05 Å². The van der Waals surface area contributed by atoms with Crippen molar-refractivity contribution in [2.75, 3.05) is 12.4 Å². The molecule has 0 aromatic carbocycles. The van der Waals surface area contributed by atoms with Crippen LogP contribution in [0.1, 0.15) is 19.4 Å². The van der Waals surface area contributed by atoms with Crippen molar-refractivity contribution < 1.29 is 0 Å². The first-order valence-electron chi connectivity index (χ1n) is 4.63. The van der Waals surface area contributed by atoms with E-state index in [-0.39, 0.29) is 0 Å². The molecule has 1 aromatic rings. The fourth-order valence-corrected chi connectivity index (χ4v) is 1.50. The highest BCUT2D eigenvalue weighted by Gasteiger charge is 1.99. The molecule has 0 bridgehead atoms. The lowest BCUT2D eigenvalue weighted by atomic mass is 10.2. The van der Waals surface area contributed by atoms with Gasteiger partial charge in [-0.3, -0.25) is 0 Å². The quantitative estimate of drug-likeness (QED) is 0.635.